The predicted molar refractivity (Wildman–Crippen MR) is 109 cm³/mol. The van der Waals surface area contributed by atoms with Crippen LogP contribution in [-0.2, 0) is 6.18 Å². The number of halogens is 4. The number of piperidine rings is 1. The summed E-state index contributed by atoms with van der Waals surface area (Å²) in [4.78, 5) is 18.9. The number of alkyl halides is 3. The Morgan fingerprint density at radius 1 is 1.21 bits per heavy atom. The highest BCUT2D eigenvalue weighted by molar-refractivity contribution is 5.99. The molecule has 0 radical (unpaired) electrons. The Morgan fingerprint density at radius 2 is 1.93 bits per heavy atom. The van der Waals surface area contributed by atoms with Crippen molar-refractivity contribution in [2.24, 2.45) is 5.92 Å². The van der Waals surface area contributed by atoms with Gasteiger partial charge in [-0.1, -0.05) is 6.07 Å². The summed E-state index contributed by atoms with van der Waals surface area (Å²) in [6, 6.07) is 8.14. The van der Waals surface area contributed by atoms with Crippen LogP contribution in [0.15, 0.2) is 42.6 Å². The van der Waals surface area contributed by atoms with E-state index >= 15 is 0 Å². The number of rotatable bonds is 5. The second-order valence-corrected chi connectivity index (χ2v) is 6.90. The highest BCUT2D eigenvalue weighted by Crippen LogP contribution is 2.31. The van der Waals surface area contributed by atoms with Gasteiger partial charge in [-0.2, -0.15) is 13.2 Å². The van der Waals surface area contributed by atoms with Crippen molar-refractivity contribution in [2.45, 2.75) is 19.0 Å². The molecule has 1 fully saturated rings. The van der Waals surface area contributed by atoms with E-state index in [4.69, 9.17) is 0 Å². The number of hydrogen-bond acceptors (Lipinski definition) is 4. The highest BCUT2D eigenvalue weighted by atomic mass is 35.5. The van der Waals surface area contributed by atoms with E-state index in [1.165, 1.54) is 18.3 Å². The number of pyridine rings is 1. The molecule has 158 valence electrons. The maximum atomic E-state index is 13.0. The number of nitrogens with one attached hydrogen (secondary N) is 2. The summed E-state index contributed by atoms with van der Waals surface area (Å²) < 4.78 is 38.8. The van der Waals surface area contributed by atoms with Crippen LogP contribution in [0.1, 0.15) is 28.8 Å². The van der Waals surface area contributed by atoms with Gasteiger partial charge in [0.05, 0.1) is 11.1 Å². The Bertz CT molecular complexity index is 823. The molecule has 1 aliphatic rings. The number of anilines is 2. The third kappa shape index (κ3) is 5.83. The molecule has 0 atom stereocenters. The Morgan fingerprint density at radius 3 is 2.59 bits per heavy atom. The summed E-state index contributed by atoms with van der Waals surface area (Å²) in [6.07, 6.45) is -1.09. The number of aromatic nitrogens is 1. The lowest BCUT2D eigenvalue weighted by molar-refractivity contribution is -0.137. The zero-order valence-corrected chi connectivity index (χ0v) is 16.8. The summed E-state index contributed by atoms with van der Waals surface area (Å²) in [6.45, 7) is 2.24. The second kappa shape index (κ2) is 9.93. The molecule has 1 aromatic carbocycles. The van der Waals surface area contributed by atoms with Crippen molar-refractivity contribution < 1.29 is 18.0 Å². The van der Waals surface area contributed by atoms with Gasteiger partial charge in [-0.05, 0) is 62.7 Å². The Hall–Kier alpha value is -2.32. The molecule has 1 aliphatic heterocycles. The van der Waals surface area contributed by atoms with Gasteiger partial charge in [0, 0.05) is 25.0 Å². The Labute approximate surface area is 174 Å². The van der Waals surface area contributed by atoms with Gasteiger partial charge in [0.25, 0.3) is 5.91 Å². The van der Waals surface area contributed by atoms with E-state index in [0.29, 0.717) is 24.6 Å². The first-order valence-corrected chi connectivity index (χ1v) is 9.21. The van der Waals surface area contributed by atoms with Crippen molar-refractivity contribution in [1.29, 1.82) is 0 Å². The van der Waals surface area contributed by atoms with E-state index in [1.54, 1.807) is 17.0 Å². The molecule has 0 bridgehead atoms. The molecular formula is C20H24ClF3N4O. The van der Waals surface area contributed by atoms with Crippen molar-refractivity contribution in [3.8, 4) is 0 Å². The number of likely N-dealkylation sites (tertiary alicyclic amines) is 1. The Kier molecular flexibility index (Phi) is 7.87. The molecular weight excluding hydrogens is 405 g/mol. The Balaban J connectivity index is 0.00000300. The highest BCUT2D eigenvalue weighted by Gasteiger charge is 2.30. The average molecular weight is 429 g/mol. The lowest BCUT2D eigenvalue weighted by Crippen LogP contribution is -2.40. The van der Waals surface area contributed by atoms with Crippen LogP contribution in [-0.4, -0.2) is 42.5 Å². The standard InChI is InChI=1S/C20H23F3N4O.ClH/c1-24-13-14-7-10-27(11-8-14)19(28)17-6-3-9-25-18(17)26-16-5-2-4-15(12-16)20(21,22)23;/h2-6,9,12,14,24H,7-8,10-11,13H2,1H3,(H,25,26);1H. The van der Waals surface area contributed by atoms with Gasteiger partial charge >= 0.3 is 6.18 Å². The predicted octanol–water partition coefficient (Wildman–Crippen LogP) is 4.34. The van der Waals surface area contributed by atoms with Crippen molar-refractivity contribution in [3.63, 3.8) is 0 Å². The van der Waals surface area contributed by atoms with Gasteiger partial charge in [0.15, 0.2) is 0 Å². The van der Waals surface area contributed by atoms with Crippen LogP contribution in [0.25, 0.3) is 0 Å². The molecule has 2 aromatic rings. The minimum absolute atomic E-state index is 0. The fraction of sp³-hybridized carbons (Fsp3) is 0.400. The van der Waals surface area contributed by atoms with E-state index in [1.807, 2.05) is 7.05 Å². The van der Waals surface area contributed by atoms with E-state index in [0.717, 1.165) is 31.5 Å². The van der Waals surface area contributed by atoms with E-state index < -0.39 is 11.7 Å². The molecule has 5 nitrogen and oxygen atoms in total. The van der Waals surface area contributed by atoms with Crippen LogP contribution in [0.5, 0.6) is 0 Å². The van der Waals surface area contributed by atoms with Gasteiger partial charge < -0.3 is 15.5 Å². The molecule has 0 saturated carbocycles. The number of nitrogens with zero attached hydrogens (tertiary/aromatic N) is 2. The number of carbonyl (C=O) groups is 1. The van der Waals surface area contributed by atoms with E-state index in [2.05, 4.69) is 15.6 Å². The molecule has 3 rings (SSSR count). The summed E-state index contributed by atoms with van der Waals surface area (Å²) >= 11 is 0. The van der Waals surface area contributed by atoms with Crippen LogP contribution in [0.2, 0.25) is 0 Å². The minimum atomic E-state index is -4.43. The summed E-state index contributed by atoms with van der Waals surface area (Å²) in [5, 5.41) is 6.03. The summed E-state index contributed by atoms with van der Waals surface area (Å²) in [7, 11) is 1.92. The lowest BCUT2D eigenvalue weighted by Gasteiger charge is -2.32. The molecule has 1 amide bonds. The number of carbonyl (C=O) groups excluding carboxylic acids is 1. The van der Waals surface area contributed by atoms with Crippen LogP contribution in [0.4, 0.5) is 24.7 Å². The van der Waals surface area contributed by atoms with E-state index in [-0.39, 0.29) is 29.8 Å². The monoisotopic (exact) mass is 428 g/mol. The van der Waals surface area contributed by atoms with Crippen molar-refractivity contribution in [2.75, 3.05) is 32.0 Å². The number of benzene rings is 1. The third-order valence-corrected chi connectivity index (χ3v) is 4.89. The molecule has 2 heterocycles. The molecule has 29 heavy (non-hydrogen) atoms. The molecule has 9 heteroatoms. The molecule has 1 saturated heterocycles. The maximum absolute atomic E-state index is 13.0. The van der Waals surface area contributed by atoms with Crippen LogP contribution >= 0.6 is 12.4 Å². The number of amides is 1. The fourth-order valence-corrected chi connectivity index (χ4v) is 3.39. The van der Waals surface area contributed by atoms with Crippen LogP contribution in [0, 0.1) is 5.92 Å². The molecule has 0 spiro atoms. The van der Waals surface area contributed by atoms with Gasteiger partial charge in [-0.3, -0.25) is 4.79 Å². The second-order valence-electron chi connectivity index (χ2n) is 6.90. The first kappa shape index (κ1) is 23.0. The normalized spacial score (nSPS) is 15.0. The van der Waals surface area contributed by atoms with Crippen molar-refractivity contribution in [1.82, 2.24) is 15.2 Å². The molecule has 2 N–H and O–H groups in total. The fourth-order valence-electron chi connectivity index (χ4n) is 3.39. The average Bonchev–Trinajstić information content (AvgIpc) is 2.68. The zero-order valence-electron chi connectivity index (χ0n) is 16.0. The van der Waals surface area contributed by atoms with Crippen LogP contribution < -0.4 is 10.6 Å². The first-order valence-electron chi connectivity index (χ1n) is 9.21. The molecule has 0 aliphatic carbocycles. The SMILES string of the molecule is CNCC1CCN(C(=O)c2cccnc2Nc2cccc(C(F)(F)F)c2)CC1.Cl. The lowest BCUT2D eigenvalue weighted by atomic mass is 9.96. The minimum Gasteiger partial charge on any atom is -0.340 e. The molecule has 1 aromatic heterocycles. The first-order chi connectivity index (χ1) is 13.4. The van der Waals surface area contributed by atoms with Crippen molar-refractivity contribution >= 4 is 29.8 Å². The topological polar surface area (TPSA) is 57.3 Å². The maximum Gasteiger partial charge on any atom is 0.416 e. The third-order valence-electron chi connectivity index (χ3n) is 4.89. The van der Waals surface area contributed by atoms with Gasteiger partial charge in [0.2, 0.25) is 0 Å². The van der Waals surface area contributed by atoms with Gasteiger partial charge in [-0.25, -0.2) is 4.98 Å². The zero-order chi connectivity index (χ0) is 20.1. The van der Waals surface area contributed by atoms with Crippen molar-refractivity contribution in [3.05, 3.63) is 53.7 Å². The quantitative estimate of drug-likeness (QED) is 0.744. The molecule has 0 unspecified atom stereocenters. The van der Waals surface area contributed by atoms with E-state index in [9.17, 15) is 18.0 Å². The summed E-state index contributed by atoms with van der Waals surface area (Å²) in [5.74, 6) is 0.639. The van der Waals surface area contributed by atoms with Gasteiger partial charge in [-0.15, -0.1) is 12.4 Å². The van der Waals surface area contributed by atoms with Crippen LogP contribution in [0.3, 0.4) is 0 Å². The smallest absolute Gasteiger partial charge is 0.340 e. The summed E-state index contributed by atoms with van der Waals surface area (Å²) in [5.41, 5.74) is -0.171. The van der Waals surface area contributed by atoms with Gasteiger partial charge in [0.1, 0.15) is 5.82 Å². The number of hydrogen-bond donors (Lipinski definition) is 2. The largest absolute Gasteiger partial charge is 0.416 e.